The van der Waals surface area contributed by atoms with Gasteiger partial charge in [-0.05, 0) is 38.8 Å². The molecule has 0 aliphatic heterocycles. The lowest BCUT2D eigenvalue weighted by molar-refractivity contribution is 0.413. The molecule has 2 N–H and O–H groups in total. The Morgan fingerprint density at radius 3 is 2.78 bits per heavy atom. The van der Waals surface area contributed by atoms with Crippen molar-refractivity contribution in [2.24, 2.45) is 10.2 Å². The molecule has 124 valence electrons. The first kappa shape index (κ1) is 17.4. The number of likely N-dealkylation sites (N-methyl/N-ethyl adjacent to an activating group) is 1. The molecule has 0 aliphatic rings. The van der Waals surface area contributed by atoms with Crippen LogP contribution in [0.25, 0.3) is 10.9 Å². The van der Waals surface area contributed by atoms with Crippen molar-refractivity contribution >= 4 is 33.9 Å². The number of aromatic nitrogens is 1. The molecule has 0 radical (unpaired) electrons. The van der Waals surface area contributed by atoms with Crippen molar-refractivity contribution in [1.29, 1.82) is 0 Å². The highest BCUT2D eigenvalue weighted by Gasteiger charge is 2.15. The van der Waals surface area contributed by atoms with E-state index in [-0.39, 0.29) is 5.88 Å². The summed E-state index contributed by atoms with van der Waals surface area (Å²) in [5.41, 5.74) is 1.41. The monoisotopic (exact) mass is 333 g/mol. The van der Waals surface area contributed by atoms with Gasteiger partial charge in [-0.2, -0.15) is 0 Å². The largest absolute Gasteiger partial charge is 0.493 e. The average Bonchev–Trinajstić information content (AvgIpc) is 2.78. The second-order valence-corrected chi connectivity index (χ2v) is 5.96. The summed E-state index contributed by atoms with van der Waals surface area (Å²) in [6.07, 6.45) is 0.924. The number of nitrogens with one attached hydrogen (secondary N) is 1. The highest BCUT2D eigenvalue weighted by atomic mass is 32.1. The number of hydrogen-bond donors (Lipinski definition) is 2. The summed E-state index contributed by atoms with van der Waals surface area (Å²) in [6, 6.07) is 7.77. The predicted molar refractivity (Wildman–Crippen MR) is 97.6 cm³/mol. The van der Waals surface area contributed by atoms with E-state index in [4.69, 9.17) is 12.2 Å². The fourth-order valence-electron chi connectivity index (χ4n) is 2.34. The van der Waals surface area contributed by atoms with Crippen LogP contribution < -0.4 is 5.32 Å². The molecule has 0 fully saturated rings. The first-order valence-electron chi connectivity index (χ1n) is 7.69. The zero-order valence-electron chi connectivity index (χ0n) is 13.8. The Kier molecular flexibility index (Phi) is 6.06. The lowest BCUT2D eigenvalue weighted by Gasteiger charge is -2.09. The number of hydrogen-bond acceptors (Lipinski definition) is 4. The van der Waals surface area contributed by atoms with E-state index in [9.17, 15) is 5.11 Å². The molecule has 0 saturated carbocycles. The minimum absolute atomic E-state index is 0.132. The lowest BCUT2D eigenvalue weighted by atomic mass is 10.2. The van der Waals surface area contributed by atoms with E-state index in [0.717, 1.165) is 30.4 Å². The van der Waals surface area contributed by atoms with Gasteiger partial charge in [0.25, 0.3) is 0 Å². The lowest BCUT2D eigenvalue weighted by Crippen LogP contribution is -2.29. The van der Waals surface area contributed by atoms with E-state index in [1.807, 2.05) is 42.9 Å². The summed E-state index contributed by atoms with van der Waals surface area (Å²) in [5, 5.41) is 22.9. The van der Waals surface area contributed by atoms with Crippen molar-refractivity contribution in [2.75, 3.05) is 27.2 Å². The van der Waals surface area contributed by atoms with Gasteiger partial charge >= 0.3 is 0 Å². The maximum absolute atomic E-state index is 10.4. The SMILES string of the molecule is CCCn1c(O)c(N=NC(=S)NCCN(C)C)c2ccccc21. The van der Waals surface area contributed by atoms with Gasteiger partial charge < -0.3 is 19.9 Å². The second kappa shape index (κ2) is 8.03. The van der Waals surface area contributed by atoms with Gasteiger partial charge in [-0.3, -0.25) is 0 Å². The molecule has 0 unspecified atom stereocenters. The number of aryl methyl sites for hydroxylation is 1. The van der Waals surface area contributed by atoms with Crippen molar-refractivity contribution in [3.63, 3.8) is 0 Å². The Balaban J connectivity index is 2.21. The number of benzene rings is 1. The molecule has 0 aliphatic carbocycles. The third-order valence-electron chi connectivity index (χ3n) is 3.44. The van der Waals surface area contributed by atoms with E-state index in [2.05, 4.69) is 27.4 Å². The molecule has 1 aromatic heterocycles. The van der Waals surface area contributed by atoms with E-state index in [1.165, 1.54) is 0 Å². The third-order valence-corrected chi connectivity index (χ3v) is 3.67. The average molecular weight is 333 g/mol. The van der Waals surface area contributed by atoms with Crippen molar-refractivity contribution in [3.8, 4) is 5.88 Å². The second-order valence-electron chi connectivity index (χ2n) is 5.58. The van der Waals surface area contributed by atoms with Crippen molar-refractivity contribution in [3.05, 3.63) is 24.3 Å². The Hall–Kier alpha value is -1.99. The molecular weight excluding hydrogens is 310 g/mol. The molecule has 23 heavy (non-hydrogen) atoms. The topological polar surface area (TPSA) is 65.1 Å². The standard InChI is InChI=1S/C16H23N5OS/c1-4-10-21-13-8-6-5-7-12(13)14(15(21)22)18-19-16(23)17-9-11-20(2)3/h5-8,22H,4,9-11H2,1-3H3,(H,17,23). The first-order chi connectivity index (χ1) is 11.0. The number of fused-ring (bicyclic) bond motifs is 1. The van der Waals surface area contributed by atoms with Crippen LogP contribution in [0.5, 0.6) is 5.88 Å². The van der Waals surface area contributed by atoms with Gasteiger partial charge in [-0.1, -0.05) is 25.1 Å². The van der Waals surface area contributed by atoms with Crippen LogP contribution in [-0.2, 0) is 6.54 Å². The highest BCUT2D eigenvalue weighted by molar-refractivity contribution is 7.80. The molecule has 2 rings (SSSR count). The number of azo groups is 1. The number of nitrogens with zero attached hydrogens (tertiary/aromatic N) is 4. The zero-order chi connectivity index (χ0) is 16.8. The number of aromatic hydroxyl groups is 1. The van der Waals surface area contributed by atoms with Gasteiger partial charge in [0.2, 0.25) is 11.0 Å². The van der Waals surface area contributed by atoms with Crippen LogP contribution in [0.1, 0.15) is 13.3 Å². The van der Waals surface area contributed by atoms with Crippen LogP contribution >= 0.6 is 12.2 Å². The molecule has 0 spiro atoms. The summed E-state index contributed by atoms with van der Waals surface area (Å²) in [7, 11) is 3.99. The van der Waals surface area contributed by atoms with Gasteiger partial charge in [0.1, 0.15) is 0 Å². The molecule has 1 aromatic carbocycles. The molecule has 0 saturated heterocycles. The maximum Gasteiger partial charge on any atom is 0.220 e. The molecule has 0 bridgehead atoms. The van der Waals surface area contributed by atoms with Crippen molar-refractivity contribution in [2.45, 2.75) is 19.9 Å². The molecule has 0 atom stereocenters. The molecule has 2 aromatic rings. The minimum Gasteiger partial charge on any atom is -0.493 e. The zero-order valence-corrected chi connectivity index (χ0v) is 14.6. The van der Waals surface area contributed by atoms with Crippen LogP contribution in [0.3, 0.4) is 0 Å². The van der Waals surface area contributed by atoms with Gasteiger partial charge in [-0.15, -0.1) is 10.2 Å². The van der Waals surface area contributed by atoms with Crippen LogP contribution in [0.2, 0.25) is 0 Å². The fraction of sp³-hybridized carbons (Fsp3) is 0.438. The fourth-order valence-corrected chi connectivity index (χ4v) is 2.48. The van der Waals surface area contributed by atoms with E-state index >= 15 is 0 Å². The van der Waals surface area contributed by atoms with E-state index in [1.54, 1.807) is 0 Å². The number of thiocarbonyl (C=S) groups is 1. The normalized spacial score (nSPS) is 11.7. The number of rotatable bonds is 6. The van der Waals surface area contributed by atoms with Gasteiger partial charge in [0.15, 0.2) is 5.69 Å². The smallest absolute Gasteiger partial charge is 0.220 e. The van der Waals surface area contributed by atoms with Gasteiger partial charge in [0.05, 0.1) is 5.52 Å². The molecule has 7 heteroatoms. The van der Waals surface area contributed by atoms with Crippen LogP contribution in [0.15, 0.2) is 34.5 Å². The maximum atomic E-state index is 10.4. The van der Waals surface area contributed by atoms with Gasteiger partial charge in [-0.25, -0.2) is 0 Å². The Bertz CT molecular complexity index is 708. The predicted octanol–water partition coefficient (Wildman–Crippen LogP) is 3.28. The summed E-state index contributed by atoms with van der Waals surface area (Å²) in [5.74, 6) is 0.132. The number of para-hydroxylation sites is 1. The van der Waals surface area contributed by atoms with E-state index in [0.29, 0.717) is 17.3 Å². The summed E-state index contributed by atoms with van der Waals surface area (Å²) >= 11 is 5.15. The Morgan fingerprint density at radius 1 is 1.35 bits per heavy atom. The van der Waals surface area contributed by atoms with Gasteiger partial charge in [0, 0.05) is 25.0 Å². The van der Waals surface area contributed by atoms with Crippen molar-refractivity contribution in [1.82, 2.24) is 14.8 Å². The quantitative estimate of drug-likeness (QED) is 0.629. The Morgan fingerprint density at radius 2 is 2.09 bits per heavy atom. The van der Waals surface area contributed by atoms with E-state index < -0.39 is 0 Å². The van der Waals surface area contributed by atoms with Crippen molar-refractivity contribution < 1.29 is 5.11 Å². The summed E-state index contributed by atoms with van der Waals surface area (Å²) in [6.45, 7) is 4.36. The molecule has 1 heterocycles. The molecular formula is C16H23N5OS. The Labute approximate surface area is 141 Å². The summed E-state index contributed by atoms with van der Waals surface area (Å²) in [4.78, 5) is 2.05. The van der Waals surface area contributed by atoms with Crippen LogP contribution in [-0.4, -0.2) is 46.9 Å². The first-order valence-corrected chi connectivity index (χ1v) is 8.10. The third kappa shape index (κ3) is 4.27. The minimum atomic E-state index is 0.132. The van der Waals surface area contributed by atoms with Crippen LogP contribution in [0.4, 0.5) is 5.69 Å². The molecule has 0 amide bonds. The highest BCUT2D eigenvalue weighted by Crippen LogP contribution is 2.38. The molecule has 6 nitrogen and oxygen atoms in total. The summed E-state index contributed by atoms with van der Waals surface area (Å²) < 4.78 is 1.85. The van der Waals surface area contributed by atoms with Crippen LogP contribution in [0, 0.1) is 0 Å².